The van der Waals surface area contributed by atoms with Gasteiger partial charge in [-0.2, -0.15) is 0 Å². The zero-order chi connectivity index (χ0) is 30.1. The van der Waals surface area contributed by atoms with Crippen molar-refractivity contribution < 1.29 is 14.0 Å². The Hall–Kier alpha value is -3.72. The molecule has 1 N–H and O–H groups in total. The number of rotatable bonds is 8. The molecular weight excluding hydrogens is 543 g/mol. The number of nitrogens with zero attached hydrogens (tertiary/aromatic N) is 5. The van der Waals surface area contributed by atoms with Crippen LogP contribution in [0.5, 0.6) is 0 Å². The third-order valence-electron chi connectivity index (χ3n) is 9.47. The number of anilines is 2. The number of hydrogen-bond donors (Lipinski definition) is 1. The summed E-state index contributed by atoms with van der Waals surface area (Å²) < 4.78 is 15.9. The van der Waals surface area contributed by atoms with E-state index < -0.39 is 0 Å². The second-order valence-corrected chi connectivity index (χ2v) is 12.6. The third kappa shape index (κ3) is 6.18. The highest BCUT2D eigenvalue weighted by molar-refractivity contribution is 6.01. The minimum absolute atomic E-state index is 0.00800. The van der Waals surface area contributed by atoms with E-state index in [0.29, 0.717) is 36.9 Å². The first kappa shape index (κ1) is 29.4. The first-order valence-electron chi connectivity index (χ1n) is 15.8. The molecule has 1 aromatic heterocycles. The van der Waals surface area contributed by atoms with Crippen LogP contribution in [0.3, 0.4) is 0 Å². The minimum atomic E-state index is -0.329. The molecule has 3 amide bonds. The third-order valence-corrected chi connectivity index (χ3v) is 9.47. The number of carbonyl (C=O) groups is 2. The van der Waals surface area contributed by atoms with Crippen molar-refractivity contribution in [1.29, 1.82) is 0 Å². The smallest absolute Gasteiger partial charge is 0.326 e. The molecule has 2 saturated heterocycles. The predicted octanol–water partition coefficient (Wildman–Crippen LogP) is 6.17. The molecule has 8 nitrogen and oxygen atoms in total. The number of halogens is 1. The molecule has 2 unspecified atom stereocenters. The molecule has 4 heterocycles. The fourth-order valence-corrected chi connectivity index (χ4v) is 7.49. The van der Waals surface area contributed by atoms with E-state index in [-0.39, 0.29) is 23.7 Å². The standard InChI is InChI=1S/C34H43FN6O2/c1-23(2)33(42)38-19-16-32-31(22-38)36-24(3)41(32)30-20-28-14-15-29(21-30)39(28)17-7-18-40(27-8-5-4-6-9-27)34(43)37-26-12-10-25(35)11-13-26/h4-6,8-13,23,28-30H,7,14-22H2,1-3H3,(H,37,43). The van der Waals surface area contributed by atoms with Crippen LogP contribution in [-0.4, -0.2) is 63.0 Å². The van der Waals surface area contributed by atoms with Crippen LogP contribution in [0.1, 0.15) is 69.2 Å². The van der Waals surface area contributed by atoms with Gasteiger partial charge in [-0.15, -0.1) is 0 Å². The van der Waals surface area contributed by atoms with E-state index in [2.05, 4.69) is 21.7 Å². The first-order valence-corrected chi connectivity index (χ1v) is 15.8. The van der Waals surface area contributed by atoms with Crippen molar-refractivity contribution >= 4 is 23.3 Å². The summed E-state index contributed by atoms with van der Waals surface area (Å²) >= 11 is 0. The highest BCUT2D eigenvalue weighted by atomic mass is 19.1. The molecule has 3 aromatic rings. The molecule has 0 spiro atoms. The maximum absolute atomic E-state index is 13.4. The molecular formula is C34H43FN6O2. The van der Waals surface area contributed by atoms with E-state index in [4.69, 9.17) is 4.98 Å². The number of piperidine rings is 1. The SMILES string of the molecule is Cc1nc2c(n1C1CC3CCC(C1)N3CCCN(C(=O)Nc1ccc(F)cc1)c1ccccc1)CCN(C(=O)C(C)C)C2. The molecule has 0 saturated carbocycles. The molecule has 2 aromatic carbocycles. The van der Waals surface area contributed by atoms with Gasteiger partial charge in [0.2, 0.25) is 5.91 Å². The molecule has 2 bridgehead atoms. The summed E-state index contributed by atoms with van der Waals surface area (Å²) in [5.74, 6) is 0.966. The lowest BCUT2D eigenvalue weighted by Gasteiger charge is -2.41. The number of aryl methyl sites for hydroxylation is 1. The molecule has 3 aliphatic heterocycles. The van der Waals surface area contributed by atoms with Crippen LogP contribution in [0, 0.1) is 18.7 Å². The van der Waals surface area contributed by atoms with Crippen molar-refractivity contribution in [3.63, 3.8) is 0 Å². The molecule has 0 radical (unpaired) electrons. The van der Waals surface area contributed by atoms with Crippen LogP contribution >= 0.6 is 0 Å². The van der Waals surface area contributed by atoms with Gasteiger partial charge in [-0.1, -0.05) is 32.0 Å². The molecule has 9 heteroatoms. The van der Waals surface area contributed by atoms with Gasteiger partial charge in [0, 0.05) is 67.2 Å². The monoisotopic (exact) mass is 586 g/mol. The minimum Gasteiger partial charge on any atom is -0.336 e. The Balaban J connectivity index is 1.09. The Bertz CT molecular complexity index is 1430. The van der Waals surface area contributed by atoms with Crippen LogP contribution in [0.25, 0.3) is 0 Å². The van der Waals surface area contributed by atoms with Crippen molar-refractivity contribution in [3.8, 4) is 0 Å². The molecule has 228 valence electrons. The Labute approximate surface area is 253 Å². The maximum atomic E-state index is 13.4. The number of nitrogens with one attached hydrogen (secondary N) is 1. The van der Waals surface area contributed by atoms with E-state index in [9.17, 15) is 14.0 Å². The molecule has 0 aliphatic carbocycles. The zero-order valence-corrected chi connectivity index (χ0v) is 25.5. The Morgan fingerprint density at radius 1 is 1.02 bits per heavy atom. The van der Waals surface area contributed by atoms with Crippen LogP contribution in [0.15, 0.2) is 54.6 Å². The normalized spacial score (nSPS) is 21.6. The lowest BCUT2D eigenvalue weighted by Crippen LogP contribution is -2.45. The van der Waals surface area contributed by atoms with Crippen LogP contribution < -0.4 is 10.2 Å². The fourth-order valence-electron chi connectivity index (χ4n) is 7.49. The summed E-state index contributed by atoms with van der Waals surface area (Å²) in [5.41, 5.74) is 3.82. The van der Waals surface area contributed by atoms with Crippen molar-refractivity contribution in [2.45, 2.75) is 84.0 Å². The van der Waals surface area contributed by atoms with Gasteiger partial charge in [-0.05, 0) is 75.4 Å². The predicted molar refractivity (Wildman–Crippen MR) is 167 cm³/mol. The topological polar surface area (TPSA) is 73.7 Å². The zero-order valence-electron chi connectivity index (χ0n) is 25.5. The second kappa shape index (κ2) is 12.5. The number of imidazole rings is 1. The average Bonchev–Trinajstić information content (AvgIpc) is 3.45. The fraction of sp³-hybridized carbons (Fsp3) is 0.500. The van der Waals surface area contributed by atoms with E-state index in [1.165, 1.54) is 30.7 Å². The maximum Gasteiger partial charge on any atom is 0.326 e. The lowest BCUT2D eigenvalue weighted by atomic mass is 9.95. The number of hydrogen-bond acceptors (Lipinski definition) is 4. The molecule has 43 heavy (non-hydrogen) atoms. The van der Waals surface area contributed by atoms with Gasteiger partial charge < -0.3 is 14.8 Å². The molecule has 6 rings (SSSR count). The van der Waals surface area contributed by atoms with Gasteiger partial charge >= 0.3 is 6.03 Å². The number of urea groups is 1. The number of fused-ring (bicyclic) bond motifs is 3. The van der Waals surface area contributed by atoms with E-state index in [1.807, 2.05) is 49.1 Å². The van der Waals surface area contributed by atoms with Gasteiger partial charge in [0.25, 0.3) is 0 Å². The van der Waals surface area contributed by atoms with Gasteiger partial charge in [0.05, 0.1) is 12.2 Å². The first-order chi connectivity index (χ1) is 20.8. The summed E-state index contributed by atoms with van der Waals surface area (Å²) in [4.78, 5) is 37.3. The largest absolute Gasteiger partial charge is 0.336 e. The summed E-state index contributed by atoms with van der Waals surface area (Å²) in [7, 11) is 0. The number of para-hydroxylation sites is 1. The van der Waals surface area contributed by atoms with E-state index >= 15 is 0 Å². The van der Waals surface area contributed by atoms with Gasteiger partial charge in [0.1, 0.15) is 11.6 Å². The van der Waals surface area contributed by atoms with Crippen molar-refractivity contribution in [1.82, 2.24) is 19.4 Å². The highest BCUT2D eigenvalue weighted by Crippen LogP contribution is 2.42. The van der Waals surface area contributed by atoms with E-state index in [0.717, 1.165) is 56.0 Å². The summed E-state index contributed by atoms with van der Waals surface area (Å²) in [6, 6.07) is 16.9. The Morgan fingerprint density at radius 3 is 2.40 bits per heavy atom. The summed E-state index contributed by atoms with van der Waals surface area (Å²) in [6.07, 6.45) is 6.38. The molecule has 3 aliphatic rings. The molecule has 2 fully saturated rings. The molecule has 2 atom stereocenters. The van der Waals surface area contributed by atoms with Crippen molar-refractivity contribution in [3.05, 3.63) is 77.6 Å². The van der Waals surface area contributed by atoms with Crippen molar-refractivity contribution in [2.75, 3.05) is 29.9 Å². The highest BCUT2D eigenvalue weighted by Gasteiger charge is 2.42. The van der Waals surface area contributed by atoms with E-state index in [1.54, 1.807) is 17.0 Å². The van der Waals surface area contributed by atoms with Gasteiger partial charge in [-0.3, -0.25) is 14.6 Å². The van der Waals surface area contributed by atoms with Crippen LogP contribution in [0.4, 0.5) is 20.6 Å². The second-order valence-electron chi connectivity index (χ2n) is 12.6. The van der Waals surface area contributed by atoms with Gasteiger partial charge in [-0.25, -0.2) is 14.2 Å². The van der Waals surface area contributed by atoms with Crippen LogP contribution in [-0.2, 0) is 17.8 Å². The quantitative estimate of drug-likeness (QED) is 0.343. The number of benzene rings is 2. The number of amides is 3. The summed E-state index contributed by atoms with van der Waals surface area (Å²) in [6.45, 7) is 8.99. The van der Waals surface area contributed by atoms with Gasteiger partial charge in [0.15, 0.2) is 0 Å². The number of aromatic nitrogens is 2. The lowest BCUT2D eigenvalue weighted by molar-refractivity contribution is -0.135. The summed E-state index contributed by atoms with van der Waals surface area (Å²) in [5, 5.41) is 2.93. The number of carbonyl (C=O) groups excluding carboxylic acids is 2. The van der Waals surface area contributed by atoms with Crippen LogP contribution in [0.2, 0.25) is 0 Å². The Morgan fingerprint density at radius 2 is 1.72 bits per heavy atom. The average molecular weight is 587 g/mol. The Kier molecular flexibility index (Phi) is 8.52. The van der Waals surface area contributed by atoms with Crippen molar-refractivity contribution in [2.24, 2.45) is 5.92 Å².